The number of aromatic nitrogens is 3. The normalized spacial score (nSPS) is 10.1. The number of amides is 1. The van der Waals surface area contributed by atoms with Crippen LogP contribution in [-0.4, -0.2) is 25.8 Å². The second-order valence-electron chi connectivity index (χ2n) is 3.21. The molecule has 2 N–H and O–H groups in total. The predicted molar refractivity (Wildman–Crippen MR) is 62.4 cm³/mol. The molecule has 92 valence electrons. The molecule has 0 radical (unpaired) electrons. The first-order valence-electron chi connectivity index (χ1n) is 4.68. The standard InChI is InChI=1S/C9H6ClN5O3/c10-7-2-8(13-4-12-7)14-9(16)6-1-5(3-11-6)15(17)18/h1-4,11H,(H,12,13,14,16). The summed E-state index contributed by atoms with van der Waals surface area (Å²) in [5.74, 6) is -0.352. The minimum absolute atomic E-state index is 0.0523. The summed E-state index contributed by atoms with van der Waals surface area (Å²) in [6.07, 6.45) is 2.32. The van der Waals surface area contributed by atoms with Crippen LogP contribution in [0.25, 0.3) is 0 Å². The lowest BCUT2D eigenvalue weighted by Gasteiger charge is -2.01. The van der Waals surface area contributed by atoms with Crippen LogP contribution in [0, 0.1) is 10.1 Å². The van der Waals surface area contributed by atoms with E-state index in [1.54, 1.807) is 0 Å². The van der Waals surface area contributed by atoms with Crippen molar-refractivity contribution >= 4 is 29.0 Å². The second kappa shape index (κ2) is 4.80. The van der Waals surface area contributed by atoms with Crippen LogP contribution >= 0.6 is 11.6 Å². The van der Waals surface area contributed by atoms with Crippen molar-refractivity contribution in [3.8, 4) is 0 Å². The molecule has 8 nitrogen and oxygen atoms in total. The Hall–Kier alpha value is -2.48. The number of nitrogens with zero attached hydrogens (tertiary/aromatic N) is 3. The van der Waals surface area contributed by atoms with Crippen molar-refractivity contribution in [2.24, 2.45) is 0 Å². The summed E-state index contributed by atoms with van der Waals surface area (Å²) < 4.78 is 0. The molecule has 0 saturated heterocycles. The average molecular weight is 268 g/mol. The summed E-state index contributed by atoms with van der Waals surface area (Å²) in [5.41, 5.74) is -0.141. The molecule has 1 amide bonds. The van der Waals surface area contributed by atoms with Crippen molar-refractivity contribution in [2.75, 3.05) is 5.32 Å². The molecular weight excluding hydrogens is 262 g/mol. The third kappa shape index (κ3) is 2.61. The first-order valence-corrected chi connectivity index (χ1v) is 5.06. The fourth-order valence-corrected chi connectivity index (χ4v) is 1.35. The van der Waals surface area contributed by atoms with E-state index in [0.717, 1.165) is 12.3 Å². The van der Waals surface area contributed by atoms with Gasteiger partial charge in [0.2, 0.25) is 0 Å². The number of nitrogens with one attached hydrogen (secondary N) is 2. The highest BCUT2D eigenvalue weighted by atomic mass is 35.5. The first kappa shape index (κ1) is 12.0. The third-order valence-corrected chi connectivity index (χ3v) is 2.21. The summed E-state index contributed by atoms with van der Waals surface area (Å²) in [6.45, 7) is 0. The zero-order chi connectivity index (χ0) is 13.1. The maximum atomic E-state index is 11.7. The molecule has 9 heteroatoms. The second-order valence-corrected chi connectivity index (χ2v) is 3.60. The van der Waals surface area contributed by atoms with Crippen LogP contribution in [0.15, 0.2) is 24.7 Å². The number of carbonyl (C=O) groups is 1. The van der Waals surface area contributed by atoms with Gasteiger partial charge < -0.3 is 10.3 Å². The van der Waals surface area contributed by atoms with Crippen LogP contribution in [0.3, 0.4) is 0 Å². The monoisotopic (exact) mass is 267 g/mol. The molecule has 0 fully saturated rings. The molecule has 0 aliphatic rings. The molecule has 0 aliphatic heterocycles. The minimum Gasteiger partial charge on any atom is -0.351 e. The molecule has 0 unspecified atom stereocenters. The van der Waals surface area contributed by atoms with Gasteiger partial charge in [-0.3, -0.25) is 14.9 Å². The van der Waals surface area contributed by atoms with Crippen molar-refractivity contribution in [3.05, 3.63) is 45.6 Å². The minimum atomic E-state index is -0.602. The molecule has 0 aromatic carbocycles. The Morgan fingerprint density at radius 2 is 2.22 bits per heavy atom. The van der Waals surface area contributed by atoms with Gasteiger partial charge in [-0.2, -0.15) is 0 Å². The van der Waals surface area contributed by atoms with Gasteiger partial charge in [-0.25, -0.2) is 9.97 Å². The van der Waals surface area contributed by atoms with E-state index in [4.69, 9.17) is 11.6 Å². The van der Waals surface area contributed by atoms with Gasteiger partial charge in [0, 0.05) is 12.1 Å². The molecule has 2 aromatic heterocycles. The smallest absolute Gasteiger partial charge is 0.287 e. The number of hydrogen-bond donors (Lipinski definition) is 2. The SMILES string of the molecule is O=C(Nc1cc(Cl)ncn1)c1cc([N+](=O)[O-])c[nH]1. The molecular formula is C9H6ClN5O3. The van der Waals surface area contributed by atoms with Crippen molar-refractivity contribution in [2.45, 2.75) is 0 Å². The lowest BCUT2D eigenvalue weighted by Crippen LogP contribution is -2.13. The summed E-state index contributed by atoms with van der Waals surface area (Å²) in [5, 5.41) is 13.1. The predicted octanol–water partition coefficient (Wildman–Crippen LogP) is 1.62. The first-order chi connectivity index (χ1) is 8.56. The van der Waals surface area contributed by atoms with Crippen LogP contribution in [0.5, 0.6) is 0 Å². The van der Waals surface area contributed by atoms with Gasteiger partial charge in [0.05, 0.1) is 11.1 Å². The van der Waals surface area contributed by atoms with Gasteiger partial charge in [-0.15, -0.1) is 0 Å². The largest absolute Gasteiger partial charge is 0.351 e. The number of anilines is 1. The lowest BCUT2D eigenvalue weighted by molar-refractivity contribution is -0.384. The summed E-state index contributed by atoms with van der Waals surface area (Å²) in [4.78, 5) is 31.5. The number of halogens is 1. The molecule has 0 aliphatic carbocycles. The Bertz CT molecular complexity index is 612. The van der Waals surface area contributed by atoms with Gasteiger partial charge in [0.25, 0.3) is 11.6 Å². The molecule has 2 heterocycles. The van der Waals surface area contributed by atoms with Crippen molar-refractivity contribution in [1.82, 2.24) is 15.0 Å². The maximum absolute atomic E-state index is 11.7. The van der Waals surface area contributed by atoms with E-state index in [9.17, 15) is 14.9 Å². The van der Waals surface area contributed by atoms with Gasteiger partial charge >= 0.3 is 0 Å². The highest BCUT2D eigenvalue weighted by Gasteiger charge is 2.14. The molecule has 0 atom stereocenters. The number of nitro groups is 1. The average Bonchev–Trinajstić information content (AvgIpc) is 2.78. The highest BCUT2D eigenvalue weighted by molar-refractivity contribution is 6.29. The van der Waals surface area contributed by atoms with E-state index in [1.165, 1.54) is 12.4 Å². The van der Waals surface area contributed by atoms with Crippen LogP contribution in [0.2, 0.25) is 5.15 Å². The van der Waals surface area contributed by atoms with Crippen molar-refractivity contribution in [1.29, 1.82) is 0 Å². The van der Waals surface area contributed by atoms with E-state index in [0.29, 0.717) is 0 Å². The van der Waals surface area contributed by atoms with E-state index in [2.05, 4.69) is 20.3 Å². The molecule has 0 spiro atoms. The van der Waals surface area contributed by atoms with E-state index in [1.807, 2.05) is 0 Å². The topological polar surface area (TPSA) is 114 Å². The van der Waals surface area contributed by atoms with Gasteiger partial charge in [-0.1, -0.05) is 11.6 Å². The van der Waals surface area contributed by atoms with Gasteiger partial charge in [-0.05, 0) is 0 Å². The molecule has 0 bridgehead atoms. The van der Waals surface area contributed by atoms with Crippen molar-refractivity contribution < 1.29 is 9.72 Å². The van der Waals surface area contributed by atoms with Gasteiger partial charge in [0.1, 0.15) is 23.0 Å². The fraction of sp³-hybridized carbons (Fsp3) is 0. The van der Waals surface area contributed by atoms with Crippen LogP contribution in [0.4, 0.5) is 11.5 Å². The Morgan fingerprint density at radius 3 is 2.83 bits per heavy atom. The molecule has 2 aromatic rings. The molecule has 18 heavy (non-hydrogen) atoms. The van der Waals surface area contributed by atoms with E-state index < -0.39 is 10.8 Å². The van der Waals surface area contributed by atoms with Crippen LogP contribution < -0.4 is 5.32 Å². The molecule has 0 saturated carbocycles. The Kier molecular flexibility index (Phi) is 3.20. The Labute approximate surface area is 105 Å². The highest BCUT2D eigenvalue weighted by Crippen LogP contribution is 2.14. The van der Waals surface area contributed by atoms with Gasteiger partial charge in [0.15, 0.2) is 0 Å². The van der Waals surface area contributed by atoms with Crippen LogP contribution in [0.1, 0.15) is 10.5 Å². The Balaban J connectivity index is 2.14. The quantitative estimate of drug-likeness (QED) is 0.498. The number of carbonyl (C=O) groups excluding carboxylic acids is 1. The molecule has 2 rings (SSSR count). The summed E-state index contributed by atoms with van der Waals surface area (Å²) in [7, 11) is 0. The lowest BCUT2D eigenvalue weighted by atomic mass is 10.4. The summed E-state index contributed by atoms with van der Waals surface area (Å²) >= 11 is 5.62. The maximum Gasteiger partial charge on any atom is 0.287 e. The fourth-order valence-electron chi connectivity index (χ4n) is 1.21. The zero-order valence-electron chi connectivity index (χ0n) is 8.75. The summed E-state index contributed by atoms with van der Waals surface area (Å²) in [6, 6.07) is 2.48. The van der Waals surface area contributed by atoms with E-state index >= 15 is 0 Å². The van der Waals surface area contributed by atoms with Crippen LogP contribution in [-0.2, 0) is 0 Å². The number of H-pyrrole nitrogens is 1. The van der Waals surface area contributed by atoms with Crippen molar-refractivity contribution in [3.63, 3.8) is 0 Å². The van der Waals surface area contributed by atoms with E-state index in [-0.39, 0.29) is 22.4 Å². The third-order valence-electron chi connectivity index (χ3n) is 2.00. The number of rotatable bonds is 3. The zero-order valence-corrected chi connectivity index (χ0v) is 9.51. The number of aromatic amines is 1. The Morgan fingerprint density at radius 1 is 1.44 bits per heavy atom. The number of hydrogen-bond acceptors (Lipinski definition) is 5.